The van der Waals surface area contributed by atoms with Gasteiger partial charge in [0.25, 0.3) is 11.8 Å². The molecule has 2 amide bonds. The molecule has 0 radical (unpaired) electrons. The third-order valence-electron chi connectivity index (χ3n) is 3.12. The van der Waals surface area contributed by atoms with E-state index in [1.165, 1.54) is 5.01 Å². The predicted molar refractivity (Wildman–Crippen MR) is 93.4 cm³/mol. The van der Waals surface area contributed by atoms with Crippen LogP contribution in [-0.4, -0.2) is 58.7 Å². The number of rotatable bonds is 6. The average Bonchev–Trinajstić information content (AvgIpc) is 2.95. The molecule has 0 bridgehead atoms. The van der Waals surface area contributed by atoms with Crippen LogP contribution in [0.1, 0.15) is 26.2 Å². The highest BCUT2D eigenvalue weighted by molar-refractivity contribution is 6.14. The summed E-state index contributed by atoms with van der Waals surface area (Å²) in [6, 6.07) is 9.17. The molecule has 142 valence electrons. The molecule has 0 aliphatic carbocycles. The Morgan fingerprint density at radius 1 is 0.960 bits per heavy atom. The van der Waals surface area contributed by atoms with E-state index in [0.29, 0.717) is 12.1 Å². The number of hydrazine groups is 1. The Bertz CT molecular complexity index is 475. The number of hydrogen-bond acceptors (Lipinski definition) is 6. The molecule has 1 aromatic carbocycles. The third-order valence-corrected chi connectivity index (χ3v) is 3.12. The molecule has 1 heterocycles. The van der Waals surface area contributed by atoms with Crippen LogP contribution in [0.15, 0.2) is 30.3 Å². The summed E-state index contributed by atoms with van der Waals surface area (Å²) in [6.45, 7) is 1.55. The summed E-state index contributed by atoms with van der Waals surface area (Å²) in [6.07, 6.45) is 2.51. The van der Waals surface area contributed by atoms with Crippen molar-refractivity contribution in [3.63, 3.8) is 0 Å². The standard InChI is InChI=1S/C13H16N2O2.2C2H6O2/c1-2-3-9-11-12(16)14-15(13(11)17)10-7-5-4-6-8-10;2*3-1-2-4/h4-8,11H,2-3,9H2,1H3,(H,14,16);2*3-4H,1-2H2. The molecule has 1 aromatic rings. The summed E-state index contributed by atoms with van der Waals surface area (Å²) in [5.41, 5.74) is 3.34. The Kier molecular flexibility index (Phi) is 13.2. The molecule has 1 aliphatic heterocycles. The van der Waals surface area contributed by atoms with Crippen molar-refractivity contribution in [2.75, 3.05) is 31.4 Å². The minimum atomic E-state index is -0.518. The molecular weight excluding hydrogens is 328 g/mol. The first-order valence-corrected chi connectivity index (χ1v) is 8.20. The summed E-state index contributed by atoms with van der Waals surface area (Å²) in [5, 5.41) is 31.8. The Morgan fingerprint density at radius 2 is 1.48 bits per heavy atom. The molecule has 1 unspecified atom stereocenters. The molecule has 1 fully saturated rings. The first-order valence-electron chi connectivity index (χ1n) is 8.20. The van der Waals surface area contributed by atoms with Crippen LogP contribution in [0.4, 0.5) is 5.69 Å². The topological polar surface area (TPSA) is 130 Å². The van der Waals surface area contributed by atoms with Crippen LogP contribution in [0.3, 0.4) is 0 Å². The molecule has 8 heteroatoms. The van der Waals surface area contributed by atoms with E-state index >= 15 is 0 Å². The molecule has 1 saturated heterocycles. The van der Waals surface area contributed by atoms with E-state index in [-0.39, 0.29) is 38.2 Å². The maximum atomic E-state index is 12.1. The fourth-order valence-electron chi connectivity index (χ4n) is 1.94. The van der Waals surface area contributed by atoms with Crippen LogP contribution in [0, 0.1) is 5.92 Å². The van der Waals surface area contributed by atoms with Gasteiger partial charge in [0.2, 0.25) is 0 Å². The Hall–Kier alpha value is -2.00. The van der Waals surface area contributed by atoms with Crippen molar-refractivity contribution < 1.29 is 30.0 Å². The lowest BCUT2D eigenvalue weighted by Gasteiger charge is -2.14. The van der Waals surface area contributed by atoms with Crippen LogP contribution in [0.2, 0.25) is 0 Å². The van der Waals surface area contributed by atoms with Gasteiger partial charge in [0.1, 0.15) is 5.92 Å². The van der Waals surface area contributed by atoms with Crippen LogP contribution in [0.25, 0.3) is 0 Å². The number of aliphatic hydroxyl groups excluding tert-OH is 4. The lowest BCUT2D eigenvalue weighted by Crippen LogP contribution is -2.35. The van der Waals surface area contributed by atoms with Gasteiger partial charge in [-0.1, -0.05) is 38.0 Å². The van der Waals surface area contributed by atoms with Gasteiger partial charge in [-0.2, -0.15) is 0 Å². The first-order chi connectivity index (χ1) is 12.1. The number of carbonyl (C=O) groups is 2. The second kappa shape index (κ2) is 14.4. The van der Waals surface area contributed by atoms with Crippen molar-refractivity contribution in [2.24, 2.45) is 5.92 Å². The lowest BCUT2D eigenvalue weighted by molar-refractivity contribution is -0.127. The third kappa shape index (κ3) is 8.59. The van der Waals surface area contributed by atoms with Gasteiger partial charge < -0.3 is 20.4 Å². The van der Waals surface area contributed by atoms with Crippen molar-refractivity contribution in [3.8, 4) is 0 Å². The highest BCUT2D eigenvalue weighted by Gasteiger charge is 2.39. The number of anilines is 1. The van der Waals surface area contributed by atoms with Crippen LogP contribution >= 0.6 is 0 Å². The van der Waals surface area contributed by atoms with Gasteiger partial charge in [-0.15, -0.1) is 0 Å². The number of amides is 2. The maximum absolute atomic E-state index is 12.1. The number of carbonyl (C=O) groups excluding carboxylic acids is 2. The highest BCUT2D eigenvalue weighted by Crippen LogP contribution is 2.22. The second-order valence-corrected chi connectivity index (χ2v) is 5.07. The van der Waals surface area contributed by atoms with Gasteiger partial charge >= 0.3 is 0 Å². The van der Waals surface area contributed by atoms with E-state index in [1.54, 1.807) is 12.1 Å². The quantitative estimate of drug-likeness (QED) is 0.449. The number of nitrogens with zero attached hydrogens (tertiary/aromatic N) is 1. The summed E-state index contributed by atoms with van der Waals surface area (Å²) in [4.78, 5) is 23.8. The van der Waals surface area contributed by atoms with Crippen molar-refractivity contribution in [1.82, 2.24) is 5.43 Å². The first kappa shape index (κ1) is 23.0. The van der Waals surface area contributed by atoms with Crippen molar-refractivity contribution >= 4 is 17.5 Å². The minimum Gasteiger partial charge on any atom is -0.394 e. The van der Waals surface area contributed by atoms with Gasteiger partial charge in [-0.05, 0) is 18.6 Å². The van der Waals surface area contributed by atoms with Gasteiger partial charge in [0.15, 0.2) is 0 Å². The molecule has 1 atom stereocenters. The zero-order valence-corrected chi connectivity index (χ0v) is 14.5. The van der Waals surface area contributed by atoms with E-state index in [0.717, 1.165) is 12.8 Å². The molecule has 2 rings (SSSR count). The number of unbranched alkanes of at least 4 members (excludes halogenated alkanes) is 1. The molecule has 1 aliphatic rings. The molecule has 0 spiro atoms. The summed E-state index contributed by atoms with van der Waals surface area (Å²) in [7, 11) is 0. The molecule has 5 N–H and O–H groups in total. The largest absolute Gasteiger partial charge is 0.394 e. The van der Waals surface area contributed by atoms with Gasteiger partial charge in [-0.25, -0.2) is 5.01 Å². The Balaban J connectivity index is 0.000000609. The monoisotopic (exact) mass is 356 g/mol. The van der Waals surface area contributed by atoms with E-state index < -0.39 is 5.92 Å². The van der Waals surface area contributed by atoms with E-state index in [4.69, 9.17) is 20.4 Å². The minimum absolute atomic E-state index is 0.125. The predicted octanol–water partition coefficient (Wildman–Crippen LogP) is -0.187. The fraction of sp³-hybridized carbons (Fsp3) is 0.529. The normalized spacial score (nSPS) is 15.7. The zero-order valence-electron chi connectivity index (χ0n) is 14.5. The molecule has 8 nitrogen and oxygen atoms in total. The number of para-hydroxylation sites is 1. The van der Waals surface area contributed by atoms with Crippen molar-refractivity contribution in [3.05, 3.63) is 30.3 Å². The van der Waals surface area contributed by atoms with Gasteiger partial charge in [-0.3, -0.25) is 15.0 Å². The summed E-state index contributed by atoms with van der Waals surface area (Å²) >= 11 is 0. The number of hydrogen-bond donors (Lipinski definition) is 5. The van der Waals surface area contributed by atoms with Crippen LogP contribution in [-0.2, 0) is 9.59 Å². The van der Waals surface area contributed by atoms with E-state index in [1.807, 2.05) is 25.1 Å². The van der Waals surface area contributed by atoms with Gasteiger partial charge in [0.05, 0.1) is 32.1 Å². The Morgan fingerprint density at radius 3 is 1.92 bits per heavy atom. The van der Waals surface area contributed by atoms with Crippen LogP contribution in [0.5, 0.6) is 0 Å². The molecule has 0 aromatic heterocycles. The summed E-state index contributed by atoms with van der Waals surface area (Å²) in [5.74, 6) is -0.850. The maximum Gasteiger partial charge on any atom is 0.258 e. The number of aliphatic hydroxyl groups is 4. The highest BCUT2D eigenvalue weighted by atomic mass is 16.3. The van der Waals surface area contributed by atoms with Gasteiger partial charge in [0, 0.05) is 0 Å². The average molecular weight is 356 g/mol. The smallest absolute Gasteiger partial charge is 0.258 e. The molecule has 25 heavy (non-hydrogen) atoms. The summed E-state index contributed by atoms with van der Waals surface area (Å²) < 4.78 is 0. The molecular formula is C17H28N2O6. The SMILES string of the molecule is CCCCC1C(=O)NN(c2ccccc2)C1=O.OCCO.OCCO. The number of nitrogens with one attached hydrogen (secondary N) is 1. The van der Waals surface area contributed by atoms with E-state index in [2.05, 4.69) is 5.43 Å². The Labute approximate surface area is 147 Å². The van der Waals surface area contributed by atoms with Crippen molar-refractivity contribution in [2.45, 2.75) is 26.2 Å². The second-order valence-electron chi connectivity index (χ2n) is 5.07. The van der Waals surface area contributed by atoms with Crippen molar-refractivity contribution in [1.29, 1.82) is 0 Å². The van der Waals surface area contributed by atoms with Crippen LogP contribution < -0.4 is 10.4 Å². The lowest BCUT2D eigenvalue weighted by atomic mass is 10.0. The fourth-order valence-corrected chi connectivity index (χ4v) is 1.94. The molecule has 0 saturated carbocycles. The van der Waals surface area contributed by atoms with E-state index in [9.17, 15) is 9.59 Å². The number of benzene rings is 1. The zero-order chi connectivity index (χ0) is 19.1.